The van der Waals surface area contributed by atoms with Gasteiger partial charge in [-0.2, -0.15) is 0 Å². The molecule has 1 aromatic rings. The normalized spacial score (nSPS) is 13.5. The molecule has 0 fully saturated rings. The van der Waals surface area contributed by atoms with Crippen LogP contribution in [0.15, 0.2) is 9.98 Å². The lowest BCUT2D eigenvalue weighted by Crippen LogP contribution is -2.02. The highest BCUT2D eigenvalue weighted by molar-refractivity contribution is 9.11. The van der Waals surface area contributed by atoms with Crippen molar-refractivity contribution in [2.45, 2.75) is 19.4 Å². The Morgan fingerprint density at radius 1 is 1.90 bits per heavy atom. The number of hydrogen-bond donors (Lipinski definition) is 1. The minimum Gasteiger partial charge on any atom is -0.393 e. The molecule has 0 saturated heterocycles. The lowest BCUT2D eigenvalue weighted by molar-refractivity contribution is 0.195. The summed E-state index contributed by atoms with van der Waals surface area (Å²) in [7, 11) is 0. The number of thiazole rings is 1. The molecule has 1 N–H and O–H groups in total. The second-order valence-electron chi connectivity index (χ2n) is 2.11. The van der Waals surface area contributed by atoms with Crippen molar-refractivity contribution in [3.8, 4) is 0 Å². The van der Waals surface area contributed by atoms with Crippen molar-refractivity contribution in [3.05, 3.63) is 15.0 Å². The quantitative estimate of drug-likeness (QED) is 0.827. The average Bonchev–Trinajstić information content (AvgIpc) is 2.13. The maximum Gasteiger partial charge on any atom is 0.0962 e. The van der Waals surface area contributed by atoms with Crippen molar-refractivity contribution in [3.63, 3.8) is 0 Å². The first-order chi connectivity index (χ1) is 4.68. The predicted octanol–water partition coefficient (Wildman–Crippen LogP) is 1.83. The minimum atomic E-state index is -0.293. The van der Waals surface area contributed by atoms with E-state index < -0.39 is 0 Å². The number of aliphatic hydroxyl groups is 1. The van der Waals surface area contributed by atoms with Crippen LogP contribution in [0.2, 0.25) is 0 Å². The van der Waals surface area contributed by atoms with E-state index in [9.17, 15) is 0 Å². The largest absolute Gasteiger partial charge is 0.393 e. The van der Waals surface area contributed by atoms with Crippen molar-refractivity contribution in [2.75, 3.05) is 0 Å². The van der Waals surface area contributed by atoms with Gasteiger partial charge in [0.2, 0.25) is 0 Å². The zero-order chi connectivity index (χ0) is 7.56. The SMILES string of the molecule is CC(O)Cc1ncc(Br)s1. The Morgan fingerprint density at radius 3 is 3.00 bits per heavy atom. The van der Waals surface area contributed by atoms with Gasteiger partial charge in [-0.1, -0.05) is 0 Å². The zero-order valence-electron chi connectivity index (χ0n) is 5.54. The van der Waals surface area contributed by atoms with Gasteiger partial charge < -0.3 is 5.11 Å². The highest BCUT2D eigenvalue weighted by Crippen LogP contribution is 2.19. The molecule has 1 rings (SSSR count). The summed E-state index contributed by atoms with van der Waals surface area (Å²) >= 11 is 4.86. The molecular weight excluding hydrogens is 214 g/mol. The van der Waals surface area contributed by atoms with Gasteiger partial charge in [0.25, 0.3) is 0 Å². The van der Waals surface area contributed by atoms with E-state index in [1.54, 1.807) is 24.5 Å². The van der Waals surface area contributed by atoms with Crippen LogP contribution in [-0.2, 0) is 6.42 Å². The highest BCUT2D eigenvalue weighted by atomic mass is 79.9. The summed E-state index contributed by atoms with van der Waals surface area (Å²) in [6, 6.07) is 0. The first-order valence-electron chi connectivity index (χ1n) is 2.97. The number of halogens is 1. The fraction of sp³-hybridized carbons (Fsp3) is 0.500. The molecule has 0 aliphatic carbocycles. The van der Waals surface area contributed by atoms with Crippen molar-refractivity contribution in [2.24, 2.45) is 0 Å². The van der Waals surface area contributed by atoms with E-state index in [0.29, 0.717) is 6.42 Å². The Labute approximate surface area is 72.0 Å². The van der Waals surface area contributed by atoms with E-state index in [1.807, 2.05) is 0 Å². The van der Waals surface area contributed by atoms with Gasteiger partial charge in [0.15, 0.2) is 0 Å². The third kappa shape index (κ3) is 2.36. The van der Waals surface area contributed by atoms with Gasteiger partial charge in [-0.15, -0.1) is 11.3 Å². The maximum absolute atomic E-state index is 8.97. The third-order valence-corrected chi connectivity index (χ3v) is 2.49. The molecule has 0 aliphatic rings. The number of hydrogen-bond acceptors (Lipinski definition) is 3. The van der Waals surface area contributed by atoms with Crippen LogP contribution in [0.1, 0.15) is 11.9 Å². The van der Waals surface area contributed by atoms with Crippen molar-refractivity contribution >= 4 is 27.3 Å². The van der Waals surface area contributed by atoms with Gasteiger partial charge in [0, 0.05) is 6.42 Å². The average molecular weight is 222 g/mol. The van der Waals surface area contributed by atoms with Gasteiger partial charge in [-0.05, 0) is 22.9 Å². The molecule has 0 aromatic carbocycles. The van der Waals surface area contributed by atoms with Crippen LogP contribution in [0.3, 0.4) is 0 Å². The fourth-order valence-corrected chi connectivity index (χ4v) is 2.06. The molecule has 1 atom stereocenters. The second kappa shape index (κ2) is 3.46. The van der Waals surface area contributed by atoms with E-state index in [2.05, 4.69) is 20.9 Å². The maximum atomic E-state index is 8.97. The summed E-state index contributed by atoms with van der Waals surface area (Å²) in [6.45, 7) is 1.76. The number of nitrogens with zero attached hydrogens (tertiary/aromatic N) is 1. The van der Waals surface area contributed by atoms with Gasteiger partial charge in [-0.3, -0.25) is 0 Å². The van der Waals surface area contributed by atoms with Gasteiger partial charge in [-0.25, -0.2) is 4.98 Å². The summed E-state index contributed by atoms with van der Waals surface area (Å²) < 4.78 is 1.02. The Bertz CT molecular complexity index is 211. The Kier molecular flexibility index (Phi) is 2.82. The smallest absolute Gasteiger partial charge is 0.0962 e. The summed E-state index contributed by atoms with van der Waals surface area (Å²) in [5, 5.41) is 9.94. The van der Waals surface area contributed by atoms with Crippen LogP contribution in [0.25, 0.3) is 0 Å². The molecule has 1 aromatic heterocycles. The lowest BCUT2D eigenvalue weighted by Gasteiger charge is -1.97. The van der Waals surface area contributed by atoms with E-state index in [4.69, 9.17) is 5.11 Å². The summed E-state index contributed by atoms with van der Waals surface area (Å²) in [4.78, 5) is 4.07. The summed E-state index contributed by atoms with van der Waals surface area (Å²) in [5.74, 6) is 0. The predicted molar refractivity (Wildman–Crippen MR) is 45.2 cm³/mol. The lowest BCUT2D eigenvalue weighted by atomic mass is 10.3. The summed E-state index contributed by atoms with van der Waals surface area (Å²) in [6.07, 6.45) is 2.11. The van der Waals surface area contributed by atoms with Crippen LogP contribution in [0.5, 0.6) is 0 Å². The Balaban J connectivity index is 2.58. The molecule has 2 nitrogen and oxygen atoms in total. The molecule has 1 unspecified atom stereocenters. The number of rotatable bonds is 2. The molecule has 0 radical (unpaired) electrons. The minimum absolute atomic E-state index is 0.293. The van der Waals surface area contributed by atoms with Crippen molar-refractivity contribution in [1.82, 2.24) is 4.98 Å². The van der Waals surface area contributed by atoms with Crippen LogP contribution in [-0.4, -0.2) is 16.2 Å². The number of aliphatic hydroxyl groups excluding tert-OH is 1. The van der Waals surface area contributed by atoms with Crippen LogP contribution < -0.4 is 0 Å². The molecule has 56 valence electrons. The van der Waals surface area contributed by atoms with Gasteiger partial charge in [0.1, 0.15) is 0 Å². The third-order valence-electron chi connectivity index (χ3n) is 0.995. The van der Waals surface area contributed by atoms with E-state index in [0.717, 1.165) is 8.79 Å². The van der Waals surface area contributed by atoms with Crippen LogP contribution in [0.4, 0.5) is 0 Å². The second-order valence-corrected chi connectivity index (χ2v) is 4.61. The molecule has 1 heterocycles. The van der Waals surface area contributed by atoms with Gasteiger partial charge >= 0.3 is 0 Å². The van der Waals surface area contributed by atoms with Crippen LogP contribution in [0, 0.1) is 0 Å². The molecule has 10 heavy (non-hydrogen) atoms. The molecular formula is C6H8BrNOS. The summed E-state index contributed by atoms with van der Waals surface area (Å²) in [5.41, 5.74) is 0. The standard InChI is InChI=1S/C6H8BrNOS/c1-4(9)2-6-8-3-5(7)10-6/h3-4,9H,2H2,1H3. The monoisotopic (exact) mass is 221 g/mol. The molecule has 0 spiro atoms. The number of aromatic nitrogens is 1. The zero-order valence-corrected chi connectivity index (χ0v) is 7.94. The van der Waals surface area contributed by atoms with Crippen molar-refractivity contribution in [1.29, 1.82) is 0 Å². The van der Waals surface area contributed by atoms with Gasteiger partial charge in [0.05, 0.1) is 21.1 Å². The Hall–Kier alpha value is 0.0700. The van der Waals surface area contributed by atoms with E-state index in [-0.39, 0.29) is 6.10 Å². The first-order valence-corrected chi connectivity index (χ1v) is 4.57. The molecule has 0 saturated carbocycles. The first kappa shape index (κ1) is 8.17. The Morgan fingerprint density at radius 2 is 2.60 bits per heavy atom. The van der Waals surface area contributed by atoms with Crippen molar-refractivity contribution < 1.29 is 5.11 Å². The van der Waals surface area contributed by atoms with E-state index in [1.165, 1.54) is 0 Å². The van der Waals surface area contributed by atoms with Crippen LogP contribution >= 0.6 is 27.3 Å². The molecule has 4 heteroatoms. The topological polar surface area (TPSA) is 33.1 Å². The molecule has 0 aliphatic heterocycles. The molecule has 0 amide bonds. The molecule has 0 bridgehead atoms. The highest BCUT2D eigenvalue weighted by Gasteiger charge is 2.02. The van der Waals surface area contributed by atoms with E-state index >= 15 is 0 Å². The fourth-order valence-electron chi connectivity index (χ4n) is 0.635.